The van der Waals surface area contributed by atoms with Crippen LogP contribution in [0.3, 0.4) is 0 Å². The molecule has 1 rings (SSSR count). The molecule has 0 saturated heterocycles. The highest BCUT2D eigenvalue weighted by Gasteiger charge is 2.19. The normalized spacial score (nSPS) is 11.6. The quantitative estimate of drug-likeness (QED) is 0.401. The topological polar surface area (TPSA) is 81.3 Å². The highest BCUT2D eigenvalue weighted by Crippen LogP contribution is 2.10. The Labute approximate surface area is 76.0 Å². The molecule has 72 valence electrons. The van der Waals surface area contributed by atoms with Crippen molar-refractivity contribution in [3.8, 4) is 0 Å². The second kappa shape index (κ2) is 2.97. The van der Waals surface area contributed by atoms with E-state index in [0.717, 1.165) is 0 Å². The predicted molar refractivity (Wildman–Crippen MR) is 44.7 cm³/mol. The molecule has 13 heavy (non-hydrogen) atoms. The van der Waals surface area contributed by atoms with Gasteiger partial charge in [-0.25, -0.2) is 0 Å². The molecule has 0 fully saturated rings. The van der Waals surface area contributed by atoms with Crippen molar-refractivity contribution in [1.29, 1.82) is 0 Å². The molecule has 0 aliphatic carbocycles. The number of aryl methyl sites for hydroxylation is 1. The number of rotatable bonds is 1. The molecule has 1 N–H and O–H groups in total. The number of aromatic nitrogens is 1. The third kappa shape index (κ3) is 1.78. The minimum absolute atomic E-state index is 0.0255. The van der Waals surface area contributed by atoms with Crippen LogP contribution in [0.25, 0.3) is 0 Å². The Kier molecular flexibility index (Phi) is 2.27. The fourth-order valence-corrected chi connectivity index (χ4v) is 1.72. The molecule has 0 spiro atoms. The lowest BCUT2D eigenvalue weighted by Gasteiger charge is -2.06. The monoisotopic (exact) mass is 203 g/mol. The van der Waals surface area contributed by atoms with Crippen molar-refractivity contribution >= 4 is 10.1 Å². The Bertz CT molecular complexity index is 438. The van der Waals surface area contributed by atoms with E-state index in [9.17, 15) is 13.6 Å². The molecule has 0 aliphatic rings. The Morgan fingerprint density at radius 3 is 2.38 bits per heavy atom. The molecule has 0 unspecified atom stereocenters. The number of hydrogen-bond donors (Lipinski definition) is 1. The van der Waals surface area contributed by atoms with Crippen molar-refractivity contribution in [2.24, 2.45) is 0 Å². The van der Waals surface area contributed by atoms with E-state index in [2.05, 4.69) is 0 Å². The summed E-state index contributed by atoms with van der Waals surface area (Å²) >= 11 is 0. The van der Waals surface area contributed by atoms with Crippen molar-refractivity contribution in [1.82, 2.24) is 0 Å². The summed E-state index contributed by atoms with van der Waals surface area (Å²) in [5.41, 5.74) is 0.354. The molecule has 0 aromatic carbocycles. The molecule has 0 saturated carbocycles. The van der Waals surface area contributed by atoms with Crippen molar-refractivity contribution in [2.45, 2.75) is 18.7 Å². The molecule has 1 aromatic heterocycles. The minimum Gasteiger partial charge on any atom is -0.618 e. The van der Waals surface area contributed by atoms with Gasteiger partial charge in [-0.2, -0.15) is 13.1 Å². The first-order valence-electron chi connectivity index (χ1n) is 3.51. The van der Waals surface area contributed by atoms with Crippen LogP contribution in [0.1, 0.15) is 11.4 Å². The highest BCUT2D eigenvalue weighted by molar-refractivity contribution is 7.85. The molecule has 0 aliphatic heterocycles. The van der Waals surface area contributed by atoms with E-state index in [1.54, 1.807) is 6.92 Å². The Hall–Kier alpha value is -1.14. The highest BCUT2D eigenvalue weighted by atomic mass is 32.2. The standard InChI is InChI=1S/C7H9NO4S/c1-5-3-4-7(13(10,11)12)6(2)8(5)9/h3-4H,1-2H3,(H,10,11,12). The van der Waals surface area contributed by atoms with Gasteiger partial charge in [-0.3, -0.25) is 4.55 Å². The van der Waals surface area contributed by atoms with Gasteiger partial charge >= 0.3 is 10.1 Å². The van der Waals surface area contributed by atoms with Gasteiger partial charge in [-0.1, -0.05) is 0 Å². The van der Waals surface area contributed by atoms with Gasteiger partial charge in [0.25, 0.3) is 0 Å². The van der Waals surface area contributed by atoms with Gasteiger partial charge in [-0.05, 0) is 6.07 Å². The summed E-state index contributed by atoms with van der Waals surface area (Å²) in [6.07, 6.45) is 0. The van der Waals surface area contributed by atoms with Crippen LogP contribution < -0.4 is 4.73 Å². The van der Waals surface area contributed by atoms with Crippen molar-refractivity contribution in [3.63, 3.8) is 0 Å². The van der Waals surface area contributed by atoms with Gasteiger partial charge < -0.3 is 5.21 Å². The summed E-state index contributed by atoms with van der Waals surface area (Å²) in [5, 5.41) is 11.2. The van der Waals surface area contributed by atoms with Gasteiger partial charge in [0.2, 0.25) is 5.69 Å². The summed E-state index contributed by atoms with van der Waals surface area (Å²) in [5.74, 6) is 0. The number of nitrogens with zero attached hydrogens (tertiary/aromatic N) is 1. The molecular formula is C7H9NO4S. The van der Waals surface area contributed by atoms with Crippen LogP contribution in [0, 0.1) is 19.1 Å². The van der Waals surface area contributed by atoms with Crippen molar-refractivity contribution < 1.29 is 17.7 Å². The van der Waals surface area contributed by atoms with Crippen LogP contribution in [0.2, 0.25) is 0 Å². The van der Waals surface area contributed by atoms with Gasteiger partial charge in [0.1, 0.15) is 0 Å². The molecule has 0 amide bonds. The summed E-state index contributed by atoms with van der Waals surface area (Å²) < 4.78 is 30.6. The van der Waals surface area contributed by atoms with Gasteiger partial charge in [0.05, 0.1) is 0 Å². The zero-order valence-electron chi connectivity index (χ0n) is 7.18. The summed E-state index contributed by atoms with van der Waals surface area (Å²) in [6, 6.07) is 2.54. The van der Waals surface area contributed by atoms with Crippen LogP contribution in [-0.4, -0.2) is 13.0 Å². The Morgan fingerprint density at radius 1 is 1.38 bits per heavy atom. The van der Waals surface area contributed by atoms with Gasteiger partial charge in [-0.15, -0.1) is 0 Å². The maximum atomic E-state index is 11.2. The van der Waals surface area contributed by atoms with Gasteiger partial charge in [0, 0.05) is 19.9 Å². The van der Waals surface area contributed by atoms with Crippen molar-refractivity contribution in [3.05, 3.63) is 28.7 Å². The Balaban J connectivity index is 3.53. The number of pyridine rings is 1. The third-order valence-corrected chi connectivity index (χ3v) is 2.72. The fourth-order valence-electron chi connectivity index (χ4n) is 1.02. The van der Waals surface area contributed by atoms with Crippen LogP contribution in [0.4, 0.5) is 0 Å². The molecule has 1 aromatic rings. The van der Waals surface area contributed by atoms with E-state index >= 15 is 0 Å². The molecule has 5 nitrogen and oxygen atoms in total. The lowest BCUT2D eigenvalue weighted by Crippen LogP contribution is -2.35. The average Bonchev–Trinajstić information content (AvgIpc) is 1.98. The SMILES string of the molecule is Cc1ccc(S(=O)(=O)O)c(C)[n+]1[O-]. The maximum Gasteiger partial charge on any atom is 0.300 e. The van der Waals surface area contributed by atoms with Crippen LogP contribution in [0.5, 0.6) is 0 Å². The lowest BCUT2D eigenvalue weighted by atomic mass is 10.3. The molecule has 0 atom stereocenters. The molecule has 1 heterocycles. The third-order valence-electron chi connectivity index (χ3n) is 1.74. The molecule has 0 bridgehead atoms. The van der Waals surface area contributed by atoms with Crippen LogP contribution in [-0.2, 0) is 10.1 Å². The van der Waals surface area contributed by atoms with E-state index in [4.69, 9.17) is 4.55 Å². The lowest BCUT2D eigenvalue weighted by molar-refractivity contribution is -0.621. The summed E-state index contributed by atoms with van der Waals surface area (Å²) in [7, 11) is -4.29. The van der Waals surface area contributed by atoms with Crippen LogP contribution in [0.15, 0.2) is 17.0 Å². The smallest absolute Gasteiger partial charge is 0.300 e. The van der Waals surface area contributed by atoms with Crippen molar-refractivity contribution in [2.75, 3.05) is 0 Å². The number of hydrogen-bond acceptors (Lipinski definition) is 3. The van der Waals surface area contributed by atoms with Gasteiger partial charge in [0.15, 0.2) is 10.6 Å². The fraction of sp³-hybridized carbons (Fsp3) is 0.286. The second-order valence-corrected chi connectivity index (χ2v) is 4.08. The Morgan fingerprint density at radius 2 is 1.92 bits per heavy atom. The van der Waals surface area contributed by atoms with E-state index in [1.807, 2.05) is 0 Å². The molecule has 0 radical (unpaired) electrons. The van der Waals surface area contributed by atoms with E-state index in [1.165, 1.54) is 19.1 Å². The maximum absolute atomic E-state index is 11.2. The average molecular weight is 203 g/mol. The summed E-state index contributed by atoms with van der Waals surface area (Å²) in [4.78, 5) is -0.354. The first kappa shape index (κ1) is 9.94. The summed E-state index contributed by atoms with van der Waals surface area (Å²) in [6.45, 7) is 2.89. The first-order chi connectivity index (χ1) is 5.84. The molecule has 6 heteroatoms. The van der Waals surface area contributed by atoms with Crippen LogP contribution >= 0.6 is 0 Å². The zero-order valence-corrected chi connectivity index (χ0v) is 8.00. The van der Waals surface area contributed by atoms with E-state index in [0.29, 0.717) is 10.4 Å². The second-order valence-electron chi connectivity index (χ2n) is 2.69. The largest absolute Gasteiger partial charge is 0.618 e. The molecular weight excluding hydrogens is 194 g/mol. The predicted octanol–water partition coefficient (Wildman–Crippen LogP) is 0.184. The minimum atomic E-state index is -4.29. The zero-order chi connectivity index (χ0) is 10.2. The van der Waals surface area contributed by atoms with E-state index < -0.39 is 10.1 Å². The van der Waals surface area contributed by atoms with E-state index in [-0.39, 0.29) is 10.6 Å². The first-order valence-corrected chi connectivity index (χ1v) is 4.95.